The van der Waals surface area contributed by atoms with E-state index in [1.165, 1.54) is 34.6 Å². The molecule has 0 spiro atoms. The van der Waals surface area contributed by atoms with Crippen LogP contribution in [0, 0.1) is 11.3 Å². The third-order valence-electron chi connectivity index (χ3n) is 5.17. The van der Waals surface area contributed by atoms with E-state index in [2.05, 4.69) is 15.0 Å². The molecule has 4 rings (SSSR count). The highest BCUT2D eigenvalue weighted by molar-refractivity contribution is 5.73. The third-order valence-corrected chi connectivity index (χ3v) is 5.17. The quantitative estimate of drug-likeness (QED) is 0.464. The largest absolute Gasteiger partial charge is 0.341 e. The van der Waals surface area contributed by atoms with E-state index in [1.807, 2.05) is 11.0 Å². The zero-order valence-corrected chi connectivity index (χ0v) is 15.6. The number of nitrogens with zero attached hydrogens (tertiary/aromatic N) is 7. The summed E-state index contributed by atoms with van der Waals surface area (Å²) < 4.78 is 2.69. The Morgan fingerprint density at radius 1 is 1.14 bits per heavy atom. The average Bonchev–Trinajstić information content (AvgIpc) is 2.78. The summed E-state index contributed by atoms with van der Waals surface area (Å²) in [5.74, 6) is 0.514. The smallest absolute Gasteiger partial charge is 0.318 e. The summed E-state index contributed by atoms with van der Waals surface area (Å²) in [6.07, 6.45) is 4.78. The maximum absolute atomic E-state index is 12.8. The number of aromatic nitrogens is 5. The minimum atomic E-state index is -0.646. The molecule has 0 bridgehead atoms. The van der Waals surface area contributed by atoms with E-state index in [4.69, 9.17) is 0 Å². The SMILES string of the molecule is Cn1c(=O)c(=O)n(C2CCN(c3ncc(C=O)cn3)CC2)c2nc(C#N)ccc21. The van der Waals surface area contributed by atoms with E-state index in [0.717, 1.165) is 0 Å². The van der Waals surface area contributed by atoms with Crippen molar-refractivity contribution in [3.8, 4) is 6.07 Å². The number of piperidine rings is 1. The van der Waals surface area contributed by atoms with E-state index in [1.54, 1.807) is 6.07 Å². The molecule has 146 valence electrons. The van der Waals surface area contributed by atoms with Gasteiger partial charge in [-0.3, -0.25) is 19.0 Å². The first kappa shape index (κ1) is 18.5. The predicted octanol–water partition coefficient (Wildman–Crippen LogP) is 0.411. The summed E-state index contributed by atoms with van der Waals surface area (Å²) in [4.78, 5) is 50.6. The summed E-state index contributed by atoms with van der Waals surface area (Å²) in [7, 11) is 1.52. The van der Waals surface area contributed by atoms with Gasteiger partial charge in [-0.25, -0.2) is 15.0 Å². The molecule has 4 heterocycles. The lowest BCUT2D eigenvalue weighted by molar-refractivity contribution is 0.112. The number of hydrogen-bond donors (Lipinski definition) is 0. The van der Waals surface area contributed by atoms with Crippen LogP contribution in [0.25, 0.3) is 11.2 Å². The molecule has 29 heavy (non-hydrogen) atoms. The number of aldehydes is 1. The Morgan fingerprint density at radius 3 is 2.45 bits per heavy atom. The molecule has 1 fully saturated rings. The van der Waals surface area contributed by atoms with Gasteiger partial charge in [0.2, 0.25) is 5.95 Å². The van der Waals surface area contributed by atoms with Gasteiger partial charge in [0.15, 0.2) is 11.9 Å². The Kier molecular flexibility index (Phi) is 4.64. The van der Waals surface area contributed by atoms with Gasteiger partial charge in [0.25, 0.3) is 0 Å². The standard InChI is InChI=1S/C19H17N7O3/c1-24-15-3-2-13(8-20)23-16(15)26(18(29)17(24)28)14-4-6-25(7-5-14)19-21-9-12(11-27)10-22-19/h2-3,9-11,14H,4-7H2,1H3. The summed E-state index contributed by atoms with van der Waals surface area (Å²) in [5, 5.41) is 9.18. The number of anilines is 1. The molecule has 0 saturated carbocycles. The molecule has 0 atom stereocenters. The van der Waals surface area contributed by atoms with Crippen LogP contribution in [0.5, 0.6) is 0 Å². The summed E-state index contributed by atoms with van der Waals surface area (Å²) in [5.41, 5.74) is 0.156. The fourth-order valence-corrected chi connectivity index (χ4v) is 3.61. The summed E-state index contributed by atoms with van der Waals surface area (Å²) in [6.45, 7) is 1.15. The molecule has 1 aliphatic rings. The highest BCUT2D eigenvalue weighted by atomic mass is 16.2. The number of carbonyl (C=O) groups is 1. The lowest BCUT2D eigenvalue weighted by Gasteiger charge is -2.33. The van der Waals surface area contributed by atoms with Crippen LogP contribution in [-0.2, 0) is 7.05 Å². The highest BCUT2D eigenvalue weighted by Crippen LogP contribution is 2.25. The molecule has 0 N–H and O–H groups in total. The van der Waals surface area contributed by atoms with Crippen molar-refractivity contribution >= 4 is 23.4 Å². The maximum atomic E-state index is 12.8. The van der Waals surface area contributed by atoms with Gasteiger partial charge in [0, 0.05) is 38.6 Å². The second-order valence-corrected chi connectivity index (χ2v) is 6.84. The van der Waals surface area contributed by atoms with Crippen LogP contribution in [0.15, 0.2) is 34.1 Å². The van der Waals surface area contributed by atoms with Crippen LogP contribution in [0.4, 0.5) is 5.95 Å². The van der Waals surface area contributed by atoms with Crippen molar-refractivity contribution in [2.24, 2.45) is 7.05 Å². The van der Waals surface area contributed by atoms with E-state index in [9.17, 15) is 19.6 Å². The maximum Gasteiger partial charge on any atom is 0.318 e. The molecule has 0 aromatic carbocycles. The molecule has 10 nitrogen and oxygen atoms in total. The second kappa shape index (κ2) is 7.27. The minimum Gasteiger partial charge on any atom is -0.341 e. The van der Waals surface area contributed by atoms with Gasteiger partial charge in [-0.15, -0.1) is 0 Å². The predicted molar refractivity (Wildman–Crippen MR) is 104 cm³/mol. The molecule has 0 radical (unpaired) electrons. The van der Waals surface area contributed by atoms with Crippen LogP contribution in [0.2, 0.25) is 0 Å². The first-order valence-electron chi connectivity index (χ1n) is 9.08. The Hall–Kier alpha value is -3.87. The molecule has 3 aromatic rings. The lowest BCUT2D eigenvalue weighted by atomic mass is 10.0. The van der Waals surface area contributed by atoms with E-state index < -0.39 is 11.1 Å². The van der Waals surface area contributed by atoms with Gasteiger partial charge >= 0.3 is 11.1 Å². The first-order valence-corrected chi connectivity index (χ1v) is 9.08. The van der Waals surface area contributed by atoms with Gasteiger partial charge in [-0.1, -0.05) is 0 Å². The zero-order valence-electron chi connectivity index (χ0n) is 15.6. The van der Waals surface area contributed by atoms with Crippen molar-refractivity contribution in [3.05, 3.63) is 56.5 Å². The van der Waals surface area contributed by atoms with E-state index >= 15 is 0 Å². The average molecular weight is 391 g/mol. The number of aryl methyl sites for hydroxylation is 1. The molecule has 10 heteroatoms. The molecule has 1 saturated heterocycles. The summed E-state index contributed by atoms with van der Waals surface area (Å²) >= 11 is 0. The second-order valence-electron chi connectivity index (χ2n) is 6.84. The molecular weight excluding hydrogens is 374 g/mol. The minimum absolute atomic E-state index is 0.186. The Bertz CT molecular complexity index is 1250. The molecular formula is C19H17N7O3. The normalized spacial score (nSPS) is 14.7. The van der Waals surface area contributed by atoms with E-state index in [-0.39, 0.29) is 11.7 Å². The Morgan fingerprint density at radius 2 is 1.83 bits per heavy atom. The molecule has 0 amide bonds. The number of hydrogen-bond acceptors (Lipinski definition) is 8. The number of pyridine rings is 1. The molecule has 3 aromatic heterocycles. The first-order chi connectivity index (χ1) is 14.0. The van der Waals surface area contributed by atoms with Crippen molar-refractivity contribution < 1.29 is 4.79 Å². The monoisotopic (exact) mass is 391 g/mol. The highest BCUT2D eigenvalue weighted by Gasteiger charge is 2.26. The van der Waals surface area contributed by atoms with Crippen LogP contribution < -0.4 is 16.0 Å². The molecule has 1 aliphatic heterocycles. The van der Waals surface area contributed by atoms with Gasteiger partial charge in [-0.2, -0.15) is 5.26 Å². The van der Waals surface area contributed by atoms with Crippen LogP contribution in [0.1, 0.15) is 34.9 Å². The van der Waals surface area contributed by atoms with Crippen molar-refractivity contribution in [1.29, 1.82) is 5.26 Å². The van der Waals surface area contributed by atoms with Crippen molar-refractivity contribution in [1.82, 2.24) is 24.1 Å². The number of rotatable bonds is 3. The van der Waals surface area contributed by atoms with Gasteiger partial charge in [0.1, 0.15) is 11.8 Å². The van der Waals surface area contributed by atoms with Crippen LogP contribution in [-0.4, -0.2) is 43.5 Å². The van der Waals surface area contributed by atoms with Crippen molar-refractivity contribution in [2.75, 3.05) is 18.0 Å². The van der Waals surface area contributed by atoms with Crippen molar-refractivity contribution in [2.45, 2.75) is 18.9 Å². The number of carbonyl (C=O) groups excluding carboxylic acids is 1. The Labute approximate surface area is 164 Å². The van der Waals surface area contributed by atoms with Crippen LogP contribution in [0.3, 0.4) is 0 Å². The molecule has 0 aliphatic carbocycles. The van der Waals surface area contributed by atoms with Crippen LogP contribution >= 0.6 is 0 Å². The zero-order chi connectivity index (χ0) is 20.5. The fourth-order valence-electron chi connectivity index (χ4n) is 3.61. The summed E-state index contributed by atoms with van der Waals surface area (Å²) in [6, 6.07) is 4.91. The Balaban J connectivity index is 1.69. The molecule has 0 unspecified atom stereocenters. The lowest BCUT2D eigenvalue weighted by Crippen LogP contribution is -2.45. The number of fused-ring (bicyclic) bond motifs is 1. The van der Waals surface area contributed by atoms with Gasteiger partial charge < -0.3 is 9.47 Å². The van der Waals surface area contributed by atoms with E-state index in [0.29, 0.717) is 54.9 Å². The number of nitriles is 1. The van der Waals surface area contributed by atoms with Gasteiger partial charge in [-0.05, 0) is 25.0 Å². The fraction of sp³-hybridized carbons (Fsp3) is 0.316. The topological polar surface area (TPSA) is 127 Å². The van der Waals surface area contributed by atoms with Crippen molar-refractivity contribution in [3.63, 3.8) is 0 Å². The third kappa shape index (κ3) is 3.16. The van der Waals surface area contributed by atoms with Gasteiger partial charge in [0.05, 0.1) is 11.1 Å².